The van der Waals surface area contributed by atoms with Crippen LogP contribution < -0.4 is 0 Å². The minimum Gasteiger partial charge on any atom is -0.784 e. The zero-order valence-electron chi connectivity index (χ0n) is 25.3. The van der Waals surface area contributed by atoms with Crippen molar-refractivity contribution < 1.29 is 73.9 Å². The summed E-state index contributed by atoms with van der Waals surface area (Å²) >= 11 is -3.11. The molecule has 0 aromatic rings. The van der Waals surface area contributed by atoms with Gasteiger partial charge in [0.1, 0.15) is 0 Å². The zero-order chi connectivity index (χ0) is 30.2. The number of aliphatic hydroxyl groups excluding tert-OH is 1. The van der Waals surface area contributed by atoms with E-state index in [-0.39, 0.29) is 56.9 Å². The third-order valence-corrected chi connectivity index (χ3v) is 8.19. The normalized spacial score (nSPS) is 15.3. The second-order valence-corrected chi connectivity index (χ2v) is 13.4. The molecular weight excluding hydrogens is 636 g/mol. The largest absolute Gasteiger partial charge is 2.00 e. The maximum Gasteiger partial charge on any atom is 2.00 e. The van der Waals surface area contributed by atoms with Crippen molar-refractivity contribution in [3.63, 3.8) is 0 Å². The van der Waals surface area contributed by atoms with Crippen molar-refractivity contribution in [1.29, 1.82) is 0 Å². The van der Waals surface area contributed by atoms with E-state index in [1.54, 1.807) is 0 Å². The van der Waals surface area contributed by atoms with Crippen LogP contribution in [-0.2, 0) is 53.7 Å². The van der Waals surface area contributed by atoms with E-state index in [0.29, 0.717) is 6.42 Å². The number of hydrogen-bond donors (Lipinski definition) is 1. The molecule has 9 radical (unpaired) electrons. The molecule has 2 saturated carbocycles. The monoisotopic (exact) mass is 688 g/mol. The van der Waals surface area contributed by atoms with E-state index in [2.05, 4.69) is 99.8 Å². The molecule has 2 fully saturated rings. The van der Waals surface area contributed by atoms with Crippen LogP contribution in [0.4, 0.5) is 13.2 Å². The van der Waals surface area contributed by atoms with E-state index in [1.807, 2.05) is 0 Å². The minimum atomic E-state index is -3.67. The number of rotatable bonds is 4. The molecule has 4 nitrogen and oxygen atoms in total. The molecule has 2 rings (SSSR count). The Kier molecular flexibility index (Phi) is 60.9. The van der Waals surface area contributed by atoms with E-state index in [9.17, 15) is 13.2 Å². The van der Waals surface area contributed by atoms with Gasteiger partial charge in [0.2, 0.25) is 0 Å². The molecule has 11 heteroatoms. The van der Waals surface area contributed by atoms with Crippen molar-refractivity contribution in [2.45, 2.75) is 123 Å². The Hall–Kier alpha value is 1.61. The maximum absolute atomic E-state index is 9.67. The van der Waals surface area contributed by atoms with Gasteiger partial charge in [-0.25, -0.2) is 0 Å². The van der Waals surface area contributed by atoms with Gasteiger partial charge in [-0.05, 0) is 120 Å². The van der Waals surface area contributed by atoms with Gasteiger partial charge in [0.15, 0.2) is 0 Å². The van der Waals surface area contributed by atoms with Gasteiger partial charge in [-0.15, -0.1) is 11.4 Å². The van der Waals surface area contributed by atoms with Crippen LogP contribution in [0.2, 0.25) is 0 Å². The summed E-state index contributed by atoms with van der Waals surface area (Å²) in [6.07, 6.45) is 28.6. The summed E-state index contributed by atoms with van der Waals surface area (Å²) in [5.74, 6) is 0. The third kappa shape index (κ3) is 63.0. The maximum atomic E-state index is 9.67. The smallest absolute Gasteiger partial charge is 0.784 e. The molecule has 0 bridgehead atoms. The Balaban J connectivity index is -0.0000000892. The van der Waals surface area contributed by atoms with Crippen molar-refractivity contribution in [2.75, 3.05) is 6.61 Å². The fraction of sp³-hybridized carbons (Fsp3) is 0.690. The van der Waals surface area contributed by atoms with Crippen molar-refractivity contribution >= 4 is 19.3 Å². The van der Waals surface area contributed by atoms with Gasteiger partial charge in [-0.2, -0.15) is 19.6 Å². The number of aliphatic hydroxyl groups is 1. The summed E-state index contributed by atoms with van der Waals surface area (Å²) in [4.78, 5) is 0. The fourth-order valence-electron chi connectivity index (χ4n) is 3.50. The van der Waals surface area contributed by atoms with E-state index in [1.165, 1.54) is 51.4 Å². The van der Waals surface area contributed by atoms with Crippen molar-refractivity contribution in [3.8, 4) is 0 Å². The Morgan fingerprint density at radius 1 is 0.700 bits per heavy atom. The Bertz CT molecular complexity index is 368. The molecule has 2 aliphatic rings. The Morgan fingerprint density at radius 2 is 0.825 bits per heavy atom. The predicted octanol–water partition coefficient (Wildman–Crippen LogP) is 8.82. The van der Waals surface area contributed by atoms with Crippen LogP contribution in [0, 0.1) is 58.3 Å². The van der Waals surface area contributed by atoms with Gasteiger partial charge in [-0.3, -0.25) is 4.21 Å². The van der Waals surface area contributed by atoms with Gasteiger partial charge in [0.05, 0.1) is 0 Å². The van der Waals surface area contributed by atoms with Gasteiger partial charge in [0, 0.05) is 32.5 Å². The number of halogens is 3. The molecule has 0 amide bonds. The SMILES string of the molecule is CC(C)P(C(C)C)C(C)C.FC(F)F.O=S([O-])[O-].[CH2-]CCO.[CH]1[CH]CC[CH][CH]CC1.[CH]1[CH]CC[CH][CH]CC1.[Ni+2].[Sc]. The summed E-state index contributed by atoms with van der Waals surface area (Å²) in [5, 5.41) is 7.81. The quantitative estimate of drug-likeness (QED) is 0.139. The molecule has 40 heavy (non-hydrogen) atoms. The zero-order valence-corrected chi connectivity index (χ0v) is 29.8. The molecule has 0 atom stereocenters. The van der Waals surface area contributed by atoms with E-state index < -0.39 is 18.0 Å². The molecule has 0 aromatic carbocycles. The van der Waals surface area contributed by atoms with Gasteiger partial charge in [0.25, 0.3) is 0 Å². The van der Waals surface area contributed by atoms with Gasteiger partial charge >= 0.3 is 23.2 Å². The molecule has 0 unspecified atom stereocenters. The molecule has 1 N–H and O–H groups in total. The summed E-state index contributed by atoms with van der Waals surface area (Å²) in [6, 6.07) is 0. The summed E-state index contributed by atoms with van der Waals surface area (Å²) in [5.41, 5.74) is 2.69. The van der Waals surface area contributed by atoms with Crippen molar-refractivity contribution in [1.82, 2.24) is 0 Å². The fourth-order valence-corrected chi connectivity index (χ4v) is 7.08. The average molecular weight is 689 g/mol. The minimum absolute atomic E-state index is 0. The molecule has 0 aromatic heterocycles. The molecule has 0 heterocycles. The van der Waals surface area contributed by atoms with E-state index >= 15 is 0 Å². The van der Waals surface area contributed by atoms with Crippen LogP contribution >= 0.6 is 7.92 Å². The second-order valence-electron chi connectivity index (χ2n) is 8.95. The van der Waals surface area contributed by atoms with E-state index in [4.69, 9.17) is 18.4 Å². The number of hydrogen-bond acceptors (Lipinski definition) is 4. The Morgan fingerprint density at radius 3 is 0.875 bits per heavy atom. The molecule has 239 valence electrons. The first-order chi connectivity index (χ1) is 17.8. The third-order valence-electron chi connectivity index (χ3n) is 4.61. The second kappa shape index (κ2) is 45.0. The van der Waals surface area contributed by atoms with Crippen LogP contribution in [0.1, 0.15) is 99.3 Å². The summed E-state index contributed by atoms with van der Waals surface area (Å²) in [6.45, 7) is 14.0. The van der Waals surface area contributed by atoms with Crippen LogP contribution in [0.5, 0.6) is 0 Å². The van der Waals surface area contributed by atoms with Crippen LogP contribution in [-0.4, -0.2) is 48.7 Å². The summed E-state index contributed by atoms with van der Waals surface area (Å²) < 4.78 is 54.3. The van der Waals surface area contributed by atoms with E-state index in [0.717, 1.165) is 17.0 Å². The molecule has 0 saturated heterocycles. The molecule has 2 aliphatic carbocycles. The Labute approximate surface area is 279 Å². The standard InChI is InChI=1S/C9H21P.2C8H12.C3H7O.CHF3.Ni.H2O3S.Sc/c1-7(2)10(8(3)4)9(5)6;2*1-2-4-6-8-7-5-3-1;1-2-3-4;2-1(3)4;;1-4(2)3;/h7-9H,1-6H3;2*1-2,7-8H,3-6H2;4H,1-3H2;1H;;(H2,1,2,3);/q;;;-1;;+2;;/p-2. The van der Waals surface area contributed by atoms with Crippen molar-refractivity contribution in [3.05, 3.63) is 58.3 Å². The first-order valence-corrected chi connectivity index (χ1v) is 15.9. The average Bonchev–Trinajstić information content (AvgIpc) is 2.72. The van der Waals surface area contributed by atoms with Crippen LogP contribution in [0.15, 0.2) is 0 Å². The predicted molar refractivity (Wildman–Crippen MR) is 158 cm³/mol. The summed E-state index contributed by atoms with van der Waals surface area (Å²) in [7, 11) is 0.262. The first-order valence-electron chi connectivity index (χ1n) is 13.3. The van der Waals surface area contributed by atoms with Crippen LogP contribution in [0.3, 0.4) is 0 Å². The molecule has 0 spiro atoms. The van der Waals surface area contributed by atoms with Crippen LogP contribution in [0.25, 0.3) is 0 Å². The van der Waals surface area contributed by atoms with Crippen molar-refractivity contribution in [2.24, 2.45) is 0 Å². The van der Waals surface area contributed by atoms with Gasteiger partial charge in [-0.1, -0.05) is 49.5 Å². The molecule has 0 aliphatic heterocycles. The topological polar surface area (TPSA) is 83.4 Å². The molecular formula is C29H53F3NiO4PSSc-. The number of alkyl halides is 3. The first kappa shape index (κ1) is 54.1. The van der Waals surface area contributed by atoms with Gasteiger partial charge < -0.3 is 21.1 Å².